The zero-order valence-corrected chi connectivity index (χ0v) is 36.3. The van der Waals surface area contributed by atoms with E-state index in [1.54, 1.807) is 21.4 Å². The fourth-order valence-corrected chi connectivity index (χ4v) is 12.3. The van der Waals surface area contributed by atoms with E-state index in [1.807, 2.05) is 4.90 Å². The Kier molecular flexibility index (Phi) is 11.1. The van der Waals surface area contributed by atoms with Crippen molar-refractivity contribution in [3.05, 3.63) is 46.6 Å². The number of nitrogens with zero attached hydrogens (tertiary/aromatic N) is 8. The normalized spacial score (nSPS) is 31.0. The molecule has 18 heteroatoms. The molecule has 4 atom stereocenters. The van der Waals surface area contributed by atoms with E-state index in [0.717, 1.165) is 88.9 Å². The number of nitrogens with one attached hydrogen (secondary N) is 3. The molecule has 1 spiro atoms. The highest BCUT2D eigenvalue weighted by atomic mass is 32.2. The second-order valence-corrected chi connectivity index (χ2v) is 20.9. The highest BCUT2D eigenvalue weighted by Crippen LogP contribution is 2.57. The number of hydrogen-bond acceptors (Lipinski definition) is 13. The molecule has 3 saturated heterocycles. The summed E-state index contributed by atoms with van der Waals surface area (Å²) in [5.74, 6) is 2.07. The summed E-state index contributed by atoms with van der Waals surface area (Å²) in [6, 6.07) is 6.05. The van der Waals surface area contributed by atoms with Gasteiger partial charge in [-0.15, -0.1) is 0 Å². The van der Waals surface area contributed by atoms with Gasteiger partial charge in [-0.2, -0.15) is 9.29 Å². The van der Waals surface area contributed by atoms with E-state index < -0.39 is 27.8 Å². The predicted molar refractivity (Wildman–Crippen MR) is 236 cm³/mol. The van der Waals surface area contributed by atoms with Crippen LogP contribution in [0.3, 0.4) is 0 Å². The van der Waals surface area contributed by atoms with E-state index in [4.69, 9.17) is 4.98 Å². The maximum atomic E-state index is 13.7. The quantitative estimate of drug-likeness (QED) is 0.207. The lowest BCUT2D eigenvalue weighted by Crippen LogP contribution is -2.51. The number of hydrogen-bond donors (Lipinski definition) is 5. The highest BCUT2D eigenvalue weighted by molar-refractivity contribution is 7.93. The number of fused-ring (bicyclic) bond motifs is 2. The van der Waals surface area contributed by atoms with Crippen molar-refractivity contribution in [3.63, 3.8) is 0 Å². The molecule has 3 aliphatic carbocycles. The van der Waals surface area contributed by atoms with Gasteiger partial charge in [-0.25, -0.2) is 13.4 Å². The average Bonchev–Trinajstić information content (AvgIpc) is 3.84. The minimum absolute atomic E-state index is 0.00963. The first-order valence-electron chi connectivity index (χ1n) is 22.8. The van der Waals surface area contributed by atoms with Crippen molar-refractivity contribution >= 4 is 57.4 Å². The highest BCUT2D eigenvalue weighted by Gasteiger charge is 2.61. The number of aliphatic hydroxyl groups is 2. The molecule has 6 fully saturated rings. The van der Waals surface area contributed by atoms with E-state index in [2.05, 4.69) is 67.2 Å². The summed E-state index contributed by atoms with van der Waals surface area (Å²) in [5.41, 5.74) is 3.75. The van der Waals surface area contributed by atoms with E-state index in [1.165, 1.54) is 17.5 Å². The molecule has 3 saturated carbocycles. The van der Waals surface area contributed by atoms with Gasteiger partial charge in [0.2, 0.25) is 24.0 Å². The van der Waals surface area contributed by atoms with E-state index in [0.29, 0.717) is 68.8 Å². The smallest absolute Gasteiger partial charge is 0.250 e. The molecule has 5 N–H and O–H groups in total. The molecule has 17 nitrogen and oxygen atoms in total. The molecule has 332 valence electrons. The summed E-state index contributed by atoms with van der Waals surface area (Å²) < 4.78 is 30.6. The molecular formula is C44H60N11O6S+. The number of benzene rings is 1. The maximum Gasteiger partial charge on any atom is 0.250 e. The molecule has 6 heterocycles. The van der Waals surface area contributed by atoms with Gasteiger partial charge in [0, 0.05) is 93.4 Å². The fraction of sp³-hybridized carbons (Fsp3) is 0.636. The number of allylic oxidation sites excluding steroid dienone is 1. The number of hydrazone groups is 1. The Morgan fingerprint density at radius 3 is 2.50 bits per heavy atom. The zero-order chi connectivity index (χ0) is 42.8. The van der Waals surface area contributed by atoms with Gasteiger partial charge in [-0.3, -0.25) is 19.4 Å². The Labute approximate surface area is 363 Å². The molecule has 3 unspecified atom stereocenters. The Hall–Kier alpha value is -4.49. The summed E-state index contributed by atoms with van der Waals surface area (Å²) in [5, 5.41) is 34.5. The molecular weight excluding hydrogens is 811 g/mol. The summed E-state index contributed by atoms with van der Waals surface area (Å²) in [7, 11) is -3.70. The van der Waals surface area contributed by atoms with Gasteiger partial charge in [-0.1, -0.05) is 4.68 Å². The third kappa shape index (κ3) is 8.12. The number of piperidine rings is 2. The predicted octanol–water partition coefficient (Wildman–Crippen LogP) is 2.45. The van der Waals surface area contributed by atoms with Crippen LogP contribution in [0.5, 0.6) is 0 Å². The SMILES string of the molecule is Cc1cc(NC2CCC(=O)NC2O)ccc1N1CCN(CC2CC(/C=[N+]3/C=C(S(=O)(=O)N4CCC(Nc5ncc6c(n5)N(C5CCC[C@@H](O)C5)C(=O)C65CC5)CC4)C=N3)C2)CC1. The third-order valence-electron chi connectivity index (χ3n) is 14.7. The maximum absolute atomic E-state index is 13.7. The molecule has 8 aliphatic rings. The molecule has 5 aliphatic heterocycles. The van der Waals surface area contributed by atoms with Gasteiger partial charge in [-0.05, 0) is 112 Å². The Bertz CT molecular complexity index is 2280. The number of aromatic nitrogens is 2. The van der Waals surface area contributed by atoms with Crippen LogP contribution in [0.25, 0.3) is 0 Å². The van der Waals surface area contributed by atoms with Crippen LogP contribution in [-0.2, 0) is 25.0 Å². The number of carbonyl (C=O) groups excluding carboxylic acids is 2. The first-order chi connectivity index (χ1) is 29.9. The van der Waals surface area contributed by atoms with Crippen molar-refractivity contribution in [1.82, 2.24) is 24.5 Å². The fourth-order valence-electron chi connectivity index (χ4n) is 10.9. The van der Waals surface area contributed by atoms with Crippen LogP contribution in [0, 0.1) is 18.8 Å². The third-order valence-corrected chi connectivity index (χ3v) is 16.5. The lowest BCUT2D eigenvalue weighted by atomic mass is 9.75. The minimum Gasteiger partial charge on any atom is -0.393 e. The number of piperazine rings is 1. The Morgan fingerprint density at radius 1 is 0.984 bits per heavy atom. The second-order valence-electron chi connectivity index (χ2n) is 19.0. The summed E-state index contributed by atoms with van der Waals surface area (Å²) in [6.07, 6.45) is 14.7. The van der Waals surface area contributed by atoms with E-state index in [-0.39, 0.29) is 34.8 Å². The number of amides is 2. The summed E-state index contributed by atoms with van der Waals surface area (Å²) in [6.45, 7) is 7.84. The van der Waals surface area contributed by atoms with Crippen LogP contribution in [0.1, 0.15) is 88.2 Å². The number of carbonyl (C=O) groups is 2. The largest absolute Gasteiger partial charge is 0.393 e. The number of anilines is 4. The molecule has 2 aromatic rings. The Morgan fingerprint density at radius 2 is 1.77 bits per heavy atom. The van der Waals surface area contributed by atoms with Gasteiger partial charge >= 0.3 is 0 Å². The molecule has 1 aromatic heterocycles. The van der Waals surface area contributed by atoms with Gasteiger partial charge < -0.3 is 31.1 Å². The van der Waals surface area contributed by atoms with Gasteiger partial charge in [0.15, 0.2) is 11.1 Å². The molecule has 2 amide bonds. The second kappa shape index (κ2) is 16.6. The number of aliphatic hydroxyl groups excluding tert-OH is 2. The van der Waals surface area contributed by atoms with Gasteiger partial charge in [0.1, 0.15) is 18.3 Å². The zero-order valence-electron chi connectivity index (χ0n) is 35.5. The average molecular weight is 871 g/mol. The van der Waals surface area contributed by atoms with E-state index >= 15 is 0 Å². The van der Waals surface area contributed by atoms with Gasteiger partial charge in [0.05, 0.1) is 17.6 Å². The first-order valence-corrected chi connectivity index (χ1v) is 24.2. The van der Waals surface area contributed by atoms with Crippen molar-refractivity contribution in [2.45, 2.75) is 120 Å². The number of aryl methyl sites for hydroxylation is 1. The monoisotopic (exact) mass is 870 g/mol. The molecule has 62 heavy (non-hydrogen) atoms. The number of rotatable bonds is 11. The lowest BCUT2D eigenvalue weighted by molar-refractivity contribution is -0.455. The minimum atomic E-state index is -3.70. The molecule has 1 aromatic carbocycles. The van der Waals surface area contributed by atoms with Crippen molar-refractivity contribution < 1.29 is 32.9 Å². The van der Waals surface area contributed by atoms with Crippen LogP contribution in [0.4, 0.5) is 23.1 Å². The van der Waals surface area contributed by atoms with Crippen LogP contribution in [0.15, 0.2) is 40.6 Å². The van der Waals surface area contributed by atoms with Crippen molar-refractivity contribution in [3.8, 4) is 0 Å². The van der Waals surface area contributed by atoms with Gasteiger partial charge in [0.25, 0.3) is 10.0 Å². The van der Waals surface area contributed by atoms with Crippen molar-refractivity contribution in [2.75, 3.05) is 66.2 Å². The molecule has 0 radical (unpaired) electrons. The first kappa shape index (κ1) is 41.5. The molecule has 0 bridgehead atoms. The van der Waals surface area contributed by atoms with E-state index in [9.17, 15) is 28.2 Å². The van der Waals surface area contributed by atoms with Crippen molar-refractivity contribution in [2.24, 2.45) is 16.9 Å². The lowest BCUT2D eigenvalue weighted by Gasteiger charge is -2.41. The summed E-state index contributed by atoms with van der Waals surface area (Å²) in [4.78, 5) is 41.7. The Balaban J connectivity index is 0.668. The van der Waals surface area contributed by atoms with Crippen LogP contribution < -0.4 is 25.8 Å². The number of sulfonamides is 1. The van der Waals surface area contributed by atoms with Crippen molar-refractivity contribution in [1.29, 1.82) is 0 Å². The molecule has 10 rings (SSSR count). The summed E-state index contributed by atoms with van der Waals surface area (Å²) >= 11 is 0. The topological polar surface area (TPSA) is 199 Å². The van der Waals surface area contributed by atoms with Crippen LogP contribution in [0.2, 0.25) is 0 Å². The van der Waals surface area contributed by atoms with Crippen LogP contribution in [-0.4, -0.2) is 143 Å². The van der Waals surface area contributed by atoms with Crippen LogP contribution >= 0.6 is 0 Å². The standard InChI is InChI=1S/C44H59N11O6S/c1-28-19-32(47-37-6-8-39(57)49-41(37)58)5-7-38(28)52-17-15-51(16-18-52)25-29-20-30(21-29)26-53-27-35(23-46-53)62(60,61)54-13-9-31(10-14-54)48-43-45-24-36-40(50-43)55(42(59)44(36)11-12-44)33-3-2-4-34(56)22-33/h5,7,19,23-24,26-27,29-31,33-34,37,41,47,56,58H,2-4,6,8-18,20-22,25H2,1H3,(H-,45,48,49,50,57)/p+1/b53-26-/t29?,30?,33?,34-,37?,41?/m1/s1.